The summed E-state index contributed by atoms with van der Waals surface area (Å²) in [5, 5.41) is 9.94. The van der Waals surface area contributed by atoms with Gasteiger partial charge in [-0.15, -0.1) is 0 Å². The molecule has 2 aromatic carbocycles. The lowest BCUT2D eigenvalue weighted by atomic mass is 9.81. The fourth-order valence-electron chi connectivity index (χ4n) is 3.69. The molecular formula is C23H18F3N3O6S. The fourth-order valence-corrected chi connectivity index (χ4v) is 4.45. The first kappa shape index (κ1) is 26.3. The van der Waals surface area contributed by atoms with E-state index >= 15 is 0 Å². The highest BCUT2D eigenvalue weighted by atomic mass is 32.2. The normalized spacial score (nSPS) is 16.4. The van der Waals surface area contributed by atoms with Crippen LogP contribution >= 0.6 is 0 Å². The molecule has 1 aliphatic heterocycles. The summed E-state index contributed by atoms with van der Waals surface area (Å²) >= 11 is 0. The van der Waals surface area contributed by atoms with Gasteiger partial charge in [-0.2, -0.15) is 18.4 Å². The van der Waals surface area contributed by atoms with Crippen molar-refractivity contribution in [1.29, 1.82) is 5.26 Å². The van der Waals surface area contributed by atoms with Crippen molar-refractivity contribution in [2.45, 2.75) is 16.3 Å². The minimum atomic E-state index is -5.65. The monoisotopic (exact) mass is 521 g/mol. The molecule has 2 aromatic rings. The summed E-state index contributed by atoms with van der Waals surface area (Å²) in [6, 6.07) is 13.3. The Hall–Kier alpha value is -4.31. The van der Waals surface area contributed by atoms with Crippen LogP contribution in [0.1, 0.15) is 11.5 Å². The number of allylic oxidation sites excluding steroid dienone is 1. The van der Waals surface area contributed by atoms with Crippen LogP contribution < -0.4 is 10.6 Å². The lowest BCUT2D eigenvalue weighted by Gasteiger charge is -2.35. The number of hydrogen-bond acceptors (Lipinski definition) is 9. The van der Waals surface area contributed by atoms with E-state index in [2.05, 4.69) is 0 Å². The van der Waals surface area contributed by atoms with E-state index in [1.165, 1.54) is 0 Å². The smallest absolute Gasteiger partial charge is 0.466 e. The molecule has 188 valence electrons. The van der Waals surface area contributed by atoms with E-state index in [0.717, 1.165) is 31.3 Å². The Kier molecular flexibility index (Phi) is 7.12. The summed E-state index contributed by atoms with van der Waals surface area (Å²) in [6.07, 6.45) is 0. The van der Waals surface area contributed by atoms with Crippen LogP contribution in [0.2, 0.25) is 0 Å². The number of nitrogens with zero attached hydrogens (tertiary/aromatic N) is 2. The first-order valence-corrected chi connectivity index (χ1v) is 11.5. The number of nitrogens with two attached hydrogens (primary N) is 1. The summed E-state index contributed by atoms with van der Waals surface area (Å²) in [5.74, 6) is -3.53. The quantitative estimate of drug-likeness (QED) is 0.588. The summed E-state index contributed by atoms with van der Waals surface area (Å²) in [7, 11) is -3.57. The zero-order valence-electron chi connectivity index (χ0n) is 18.7. The van der Waals surface area contributed by atoms with Gasteiger partial charge in [-0.05, 0) is 29.8 Å². The van der Waals surface area contributed by atoms with Crippen LogP contribution in [0.25, 0.3) is 0 Å². The maximum absolute atomic E-state index is 12.9. The molecule has 3 rings (SSSR count). The third-order valence-corrected chi connectivity index (χ3v) is 6.82. The Morgan fingerprint density at radius 1 is 1.00 bits per heavy atom. The van der Waals surface area contributed by atoms with Gasteiger partial charge in [0.2, 0.25) is 0 Å². The number of nitriles is 1. The SMILES string of the molecule is COC(=O)C1=C(C(=O)OC)N(c2ccc(S(=O)(=O)C(F)(F)F)cc2)C(N)=C(C#N)C1c1ccccc1. The molecule has 0 aromatic heterocycles. The standard InChI is InChI=1S/C23H18F3N3O6S/c1-34-21(30)18-17(13-6-4-3-5-7-13)16(12-27)20(28)29(19(18)22(31)35-2)14-8-10-15(11-9-14)36(32,33)23(24,25)26/h3-11,17H,28H2,1-2H3. The minimum Gasteiger partial charge on any atom is -0.466 e. The van der Waals surface area contributed by atoms with Crippen LogP contribution in [0.15, 0.2) is 82.2 Å². The number of anilines is 1. The van der Waals surface area contributed by atoms with E-state index < -0.39 is 43.8 Å². The summed E-state index contributed by atoms with van der Waals surface area (Å²) in [5.41, 5.74) is 0.0977. The molecule has 1 unspecified atom stereocenters. The van der Waals surface area contributed by atoms with E-state index in [9.17, 15) is 36.4 Å². The zero-order chi connectivity index (χ0) is 26.8. The van der Waals surface area contributed by atoms with E-state index in [0.29, 0.717) is 17.7 Å². The molecule has 9 nitrogen and oxygen atoms in total. The molecule has 0 amide bonds. The predicted octanol–water partition coefficient (Wildman–Crippen LogP) is 2.88. The van der Waals surface area contributed by atoms with E-state index in [1.54, 1.807) is 30.3 Å². The van der Waals surface area contributed by atoms with Crippen LogP contribution in [0.3, 0.4) is 0 Å². The number of sulfone groups is 1. The maximum Gasteiger partial charge on any atom is 0.501 e. The Bertz CT molecular complexity index is 1410. The molecule has 0 aliphatic carbocycles. The van der Waals surface area contributed by atoms with Gasteiger partial charge in [0.25, 0.3) is 9.84 Å². The average Bonchev–Trinajstić information content (AvgIpc) is 2.86. The first-order valence-electron chi connectivity index (χ1n) is 9.97. The van der Waals surface area contributed by atoms with E-state index in [1.807, 2.05) is 6.07 Å². The number of methoxy groups -OCH3 is 2. The van der Waals surface area contributed by atoms with Gasteiger partial charge in [-0.1, -0.05) is 30.3 Å². The lowest BCUT2D eigenvalue weighted by Crippen LogP contribution is -2.40. The molecule has 0 spiro atoms. The molecule has 0 radical (unpaired) electrons. The third kappa shape index (κ3) is 4.38. The lowest BCUT2D eigenvalue weighted by molar-refractivity contribution is -0.139. The number of rotatable bonds is 5. The third-order valence-electron chi connectivity index (χ3n) is 5.32. The Labute approximate surface area is 203 Å². The van der Waals surface area contributed by atoms with Crippen molar-refractivity contribution in [3.8, 4) is 6.07 Å². The summed E-state index contributed by atoms with van der Waals surface area (Å²) in [6.45, 7) is 0. The molecular weight excluding hydrogens is 503 g/mol. The molecule has 0 saturated carbocycles. The van der Waals surface area contributed by atoms with Crippen molar-refractivity contribution in [3.63, 3.8) is 0 Å². The molecule has 1 aliphatic rings. The molecule has 2 N–H and O–H groups in total. The second-order valence-corrected chi connectivity index (χ2v) is 9.22. The number of alkyl halides is 3. The van der Waals surface area contributed by atoms with Crippen LogP contribution in [-0.2, 0) is 28.9 Å². The number of hydrogen-bond donors (Lipinski definition) is 1. The maximum atomic E-state index is 12.9. The van der Waals surface area contributed by atoms with Crippen molar-refractivity contribution in [3.05, 3.63) is 82.8 Å². The van der Waals surface area contributed by atoms with Gasteiger partial charge in [0, 0.05) is 5.69 Å². The van der Waals surface area contributed by atoms with Crippen molar-refractivity contribution in [2.75, 3.05) is 19.1 Å². The van der Waals surface area contributed by atoms with Gasteiger partial charge in [0.15, 0.2) is 0 Å². The van der Waals surface area contributed by atoms with Crippen LogP contribution in [-0.4, -0.2) is 40.1 Å². The molecule has 1 heterocycles. The van der Waals surface area contributed by atoms with Gasteiger partial charge >= 0.3 is 17.4 Å². The molecule has 0 saturated heterocycles. The predicted molar refractivity (Wildman–Crippen MR) is 119 cm³/mol. The van der Waals surface area contributed by atoms with Crippen LogP contribution in [0.4, 0.5) is 18.9 Å². The highest BCUT2D eigenvalue weighted by Crippen LogP contribution is 2.43. The number of halogens is 3. The molecule has 0 fully saturated rings. The highest BCUT2D eigenvalue weighted by Gasteiger charge is 2.47. The minimum absolute atomic E-state index is 0.116. The second-order valence-electron chi connectivity index (χ2n) is 7.28. The number of esters is 2. The van der Waals surface area contributed by atoms with Gasteiger partial charge in [-0.3, -0.25) is 4.90 Å². The largest absolute Gasteiger partial charge is 0.501 e. The molecule has 36 heavy (non-hydrogen) atoms. The topological polar surface area (TPSA) is 140 Å². The van der Waals surface area contributed by atoms with Crippen LogP contribution in [0, 0.1) is 11.3 Å². The highest BCUT2D eigenvalue weighted by molar-refractivity contribution is 7.92. The van der Waals surface area contributed by atoms with Crippen molar-refractivity contribution >= 4 is 27.5 Å². The van der Waals surface area contributed by atoms with Gasteiger partial charge in [0.05, 0.1) is 42.2 Å². The van der Waals surface area contributed by atoms with Gasteiger partial charge in [0.1, 0.15) is 11.5 Å². The second kappa shape index (κ2) is 9.74. The molecule has 1 atom stereocenters. The van der Waals surface area contributed by atoms with E-state index in [-0.39, 0.29) is 22.7 Å². The Morgan fingerprint density at radius 2 is 1.56 bits per heavy atom. The average molecular weight is 521 g/mol. The number of carbonyl (C=O) groups is 2. The molecule has 13 heteroatoms. The summed E-state index contributed by atoms with van der Waals surface area (Å²) < 4.78 is 72.0. The summed E-state index contributed by atoms with van der Waals surface area (Å²) in [4.78, 5) is 25.7. The molecule has 0 bridgehead atoms. The fraction of sp³-hybridized carbons (Fsp3) is 0.174. The van der Waals surface area contributed by atoms with Gasteiger partial charge < -0.3 is 15.2 Å². The number of ether oxygens (including phenoxy) is 2. The van der Waals surface area contributed by atoms with Crippen molar-refractivity contribution in [1.82, 2.24) is 0 Å². The number of benzene rings is 2. The van der Waals surface area contributed by atoms with Crippen molar-refractivity contribution < 1.29 is 40.7 Å². The van der Waals surface area contributed by atoms with E-state index in [4.69, 9.17) is 15.2 Å². The van der Waals surface area contributed by atoms with Crippen molar-refractivity contribution in [2.24, 2.45) is 5.73 Å². The Morgan fingerprint density at radius 3 is 2.03 bits per heavy atom. The zero-order valence-corrected chi connectivity index (χ0v) is 19.6. The van der Waals surface area contributed by atoms with Gasteiger partial charge in [-0.25, -0.2) is 18.0 Å². The number of carbonyl (C=O) groups excluding carboxylic acids is 2. The Balaban J connectivity index is 2.33. The first-order chi connectivity index (χ1) is 16.9. The van der Waals surface area contributed by atoms with Crippen LogP contribution in [0.5, 0.6) is 0 Å².